The fraction of sp³-hybridized carbons (Fsp3) is 0.226. The summed E-state index contributed by atoms with van der Waals surface area (Å²) < 4.78 is 0. The number of aromatic amines is 2. The first kappa shape index (κ1) is 22.8. The monoisotopic (exact) mass is 499 g/mol. The van der Waals surface area contributed by atoms with Gasteiger partial charge in [0, 0.05) is 64.9 Å². The van der Waals surface area contributed by atoms with Crippen molar-refractivity contribution in [1.82, 2.24) is 35.5 Å². The first-order valence-electron chi connectivity index (χ1n) is 13.3. The first-order chi connectivity index (χ1) is 18.8. The van der Waals surface area contributed by atoms with E-state index in [9.17, 15) is 0 Å². The third-order valence-electron chi connectivity index (χ3n) is 7.70. The van der Waals surface area contributed by atoms with Crippen LogP contribution in [0, 0.1) is 5.92 Å². The molecule has 1 aliphatic rings. The largest absolute Gasteiger partial charge is 0.353 e. The van der Waals surface area contributed by atoms with Crippen LogP contribution in [0.2, 0.25) is 0 Å². The van der Waals surface area contributed by atoms with Crippen molar-refractivity contribution in [2.45, 2.75) is 32.2 Å². The summed E-state index contributed by atoms with van der Waals surface area (Å²) in [6.07, 6.45) is 14.8. The fourth-order valence-corrected chi connectivity index (χ4v) is 5.71. The van der Waals surface area contributed by atoms with E-state index in [2.05, 4.69) is 71.8 Å². The Labute approximate surface area is 220 Å². The second-order valence-electron chi connectivity index (χ2n) is 10.2. The maximum Gasteiger partial charge on any atom is 0.181 e. The maximum atomic E-state index is 4.66. The van der Waals surface area contributed by atoms with E-state index in [4.69, 9.17) is 0 Å². The molecule has 0 spiro atoms. The normalized spacial score (nSPS) is 14.1. The Kier molecular flexibility index (Phi) is 5.90. The maximum absolute atomic E-state index is 4.66. The van der Waals surface area contributed by atoms with Crippen molar-refractivity contribution < 1.29 is 0 Å². The molecule has 0 aliphatic heterocycles. The van der Waals surface area contributed by atoms with E-state index >= 15 is 0 Å². The molecule has 1 fully saturated rings. The van der Waals surface area contributed by atoms with E-state index in [1.54, 1.807) is 0 Å². The van der Waals surface area contributed by atoms with Crippen molar-refractivity contribution in [1.29, 1.82) is 0 Å². The third-order valence-corrected chi connectivity index (χ3v) is 7.70. The number of H-pyrrole nitrogens is 2. The molecule has 5 heterocycles. The smallest absolute Gasteiger partial charge is 0.181 e. The van der Waals surface area contributed by atoms with E-state index in [1.165, 1.54) is 36.8 Å². The van der Waals surface area contributed by atoms with Crippen LogP contribution in [-0.4, -0.2) is 36.7 Å². The van der Waals surface area contributed by atoms with Crippen LogP contribution in [0.5, 0.6) is 0 Å². The molecule has 7 rings (SSSR count). The van der Waals surface area contributed by atoms with Crippen LogP contribution in [0.15, 0.2) is 79.5 Å². The van der Waals surface area contributed by atoms with Gasteiger partial charge >= 0.3 is 0 Å². The lowest BCUT2D eigenvalue weighted by atomic mass is 10.0. The average Bonchev–Trinajstić information content (AvgIpc) is 3.73. The van der Waals surface area contributed by atoms with Crippen molar-refractivity contribution in [2.75, 3.05) is 6.54 Å². The zero-order chi connectivity index (χ0) is 25.3. The van der Waals surface area contributed by atoms with E-state index in [0.717, 1.165) is 63.4 Å². The molecule has 0 saturated heterocycles. The molecule has 0 bridgehead atoms. The number of aromatic nitrogens is 6. The molecule has 0 atom stereocenters. The standard InChI is InChI=1S/C31H29N7/c1-2-5-20(4-1)15-33-16-21-12-23(18-34-17-21)24-13-27-30(37-38-31(27)35-19-24)29-14-26-25(6-3-7-28(26)36-29)22-8-10-32-11-9-22/h3,6-14,17-20,33,36H,1-2,4-5,15-16H2,(H,35,37,38). The zero-order valence-electron chi connectivity index (χ0n) is 21.1. The minimum Gasteiger partial charge on any atom is -0.353 e. The first-order valence-corrected chi connectivity index (χ1v) is 13.3. The van der Waals surface area contributed by atoms with Crippen LogP contribution in [0.1, 0.15) is 31.2 Å². The Balaban J connectivity index is 1.20. The highest BCUT2D eigenvalue weighted by Crippen LogP contribution is 2.34. The van der Waals surface area contributed by atoms with Crippen LogP contribution >= 0.6 is 0 Å². The number of rotatable bonds is 7. The van der Waals surface area contributed by atoms with Gasteiger partial charge in [-0.2, -0.15) is 5.10 Å². The van der Waals surface area contributed by atoms with Gasteiger partial charge in [-0.1, -0.05) is 25.0 Å². The van der Waals surface area contributed by atoms with Crippen molar-refractivity contribution in [3.05, 3.63) is 85.1 Å². The molecule has 38 heavy (non-hydrogen) atoms. The minimum absolute atomic E-state index is 0.694. The van der Waals surface area contributed by atoms with Crippen LogP contribution in [-0.2, 0) is 6.54 Å². The lowest BCUT2D eigenvalue weighted by Crippen LogP contribution is -2.20. The summed E-state index contributed by atoms with van der Waals surface area (Å²) in [5, 5.41) is 13.5. The molecular weight excluding hydrogens is 470 g/mol. The predicted octanol–water partition coefficient (Wildman–Crippen LogP) is 6.51. The molecule has 188 valence electrons. The molecule has 0 radical (unpaired) electrons. The van der Waals surface area contributed by atoms with Gasteiger partial charge in [0.25, 0.3) is 0 Å². The number of hydrogen-bond donors (Lipinski definition) is 3. The zero-order valence-corrected chi connectivity index (χ0v) is 21.1. The summed E-state index contributed by atoms with van der Waals surface area (Å²) in [6.45, 7) is 1.92. The number of nitrogens with zero attached hydrogens (tertiary/aromatic N) is 4. The highest BCUT2D eigenvalue weighted by atomic mass is 15.2. The Morgan fingerprint density at radius 2 is 1.71 bits per heavy atom. The van der Waals surface area contributed by atoms with Gasteiger partial charge in [-0.05, 0) is 78.4 Å². The van der Waals surface area contributed by atoms with Gasteiger partial charge in [0.2, 0.25) is 0 Å². The Bertz CT molecular complexity index is 1710. The quantitative estimate of drug-likeness (QED) is 0.233. The Morgan fingerprint density at radius 3 is 2.61 bits per heavy atom. The predicted molar refractivity (Wildman–Crippen MR) is 151 cm³/mol. The average molecular weight is 500 g/mol. The topological polar surface area (TPSA) is 95.2 Å². The van der Waals surface area contributed by atoms with E-state index < -0.39 is 0 Å². The summed E-state index contributed by atoms with van der Waals surface area (Å²) in [6, 6.07) is 16.9. The number of nitrogens with one attached hydrogen (secondary N) is 3. The van der Waals surface area contributed by atoms with Gasteiger partial charge in [0.1, 0.15) is 0 Å². The minimum atomic E-state index is 0.694. The number of hydrogen-bond acceptors (Lipinski definition) is 5. The van der Waals surface area contributed by atoms with Crippen LogP contribution < -0.4 is 5.32 Å². The van der Waals surface area contributed by atoms with Crippen LogP contribution in [0.25, 0.3) is 55.6 Å². The molecule has 0 unspecified atom stereocenters. The molecule has 1 saturated carbocycles. The van der Waals surface area contributed by atoms with E-state index in [-0.39, 0.29) is 0 Å². The fourth-order valence-electron chi connectivity index (χ4n) is 5.71. The summed E-state index contributed by atoms with van der Waals surface area (Å²) in [7, 11) is 0. The lowest BCUT2D eigenvalue weighted by Gasteiger charge is -2.11. The summed E-state index contributed by atoms with van der Waals surface area (Å²) >= 11 is 0. The molecule has 6 aromatic rings. The Morgan fingerprint density at radius 1 is 0.842 bits per heavy atom. The molecule has 3 N–H and O–H groups in total. The molecule has 7 heteroatoms. The highest BCUT2D eigenvalue weighted by Gasteiger charge is 2.16. The second kappa shape index (κ2) is 9.84. The van der Waals surface area contributed by atoms with Gasteiger partial charge in [-0.3, -0.25) is 15.1 Å². The van der Waals surface area contributed by atoms with Crippen molar-refractivity contribution >= 4 is 21.9 Å². The van der Waals surface area contributed by atoms with E-state index in [1.807, 2.05) is 43.1 Å². The van der Waals surface area contributed by atoms with Gasteiger partial charge in [0.15, 0.2) is 5.65 Å². The summed E-state index contributed by atoms with van der Waals surface area (Å²) in [4.78, 5) is 16.9. The van der Waals surface area contributed by atoms with Crippen molar-refractivity contribution in [3.8, 4) is 33.6 Å². The van der Waals surface area contributed by atoms with Gasteiger partial charge in [0.05, 0.1) is 11.4 Å². The highest BCUT2D eigenvalue weighted by molar-refractivity contribution is 6.01. The number of fused-ring (bicyclic) bond motifs is 2. The number of pyridine rings is 3. The summed E-state index contributed by atoms with van der Waals surface area (Å²) in [5.41, 5.74) is 9.25. The lowest BCUT2D eigenvalue weighted by molar-refractivity contribution is 0.489. The molecule has 5 aromatic heterocycles. The van der Waals surface area contributed by atoms with Gasteiger partial charge in [-0.25, -0.2) is 4.98 Å². The SMILES string of the molecule is c1cc(-c2ccncc2)c2cc(-c3[nH]nc4ncc(-c5cncc(CNCC6CCCC6)c5)cc34)[nH]c2c1. The third kappa shape index (κ3) is 4.35. The number of benzene rings is 1. The van der Waals surface area contributed by atoms with Gasteiger partial charge in [-0.15, -0.1) is 0 Å². The molecule has 0 amide bonds. The van der Waals surface area contributed by atoms with Crippen molar-refractivity contribution in [3.63, 3.8) is 0 Å². The molecule has 7 nitrogen and oxygen atoms in total. The van der Waals surface area contributed by atoms with Crippen LogP contribution in [0.4, 0.5) is 0 Å². The Hall–Kier alpha value is -4.36. The second-order valence-corrected chi connectivity index (χ2v) is 10.2. The van der Waals surface area contributed by atoms with Crippen LogP contribution in [0.3, 0.4) is 0 Å². The van der Waals surface area contributed by atoms with Crippen molar-refractivity contribution in [2.24, 2.45) is 5.92 Å². The van der Waals surface area contributed by atoms with Gasteiger partial charge < -0.3 is 10.3 Å². The molecule has 1 aromatic carbocycles. The van der Waals surface area contributed by atoms with E-state index in [0.29, 0.717) is 5.65 Å². The molecular formula is C31H29N7. The summed E-state index contributed by atoms with van der Waals surface area (Å²) in [5.74, 6) is 0.822. The molecule has 1 aliphatic carbocycles.